The number of amides is 2. The molecule has 0 radical (unpaired) electrons. The lowest BCUT2D eigenvalue weighted by atomic mass is 10.0. The summed E-state index contributed by atoms with van der Waals surface area (Å²) >= 11 is 5.66. The summed E-state index contributed by atoms with van der Waals surface area (Å²) in [6, 6.07) is 16.7. The molecule has 0 aliphatic carbocycles. The maximum Gasteiger partial charge on any atom is 0.323 e. The predicted molar refractivity (Wildman–Crippen MR) is 131 cm³/mol. The van der Waals surface area contributed by atoms with Gasteiger partial charge in [0.15, 0.2) is 11.6 Å². The van der Waals surface area contributed by atoms with Crippen LogP contribution < -0.4 is 10.6 Å². The molecule has 5 rings (SSSR count). The summed E-state index contributed by atoms with van der Waals surface area (Å²) in [7, 11) is 0. The summed E-state index contributed by atoms with van der Waals surface area (Å²) in [5.41, 5.74) is 2.61. The molecule has 0 bridgehead atoms. The van der Waals surface area contributed by atoms with Crippen LogP contribution in [0.3, 0.4) is 0 Å². The van der Waals surface area contributed by atoms with Crippen LogP contribution in [0.5, 0.6) is 0 Å². The van der Waals surface area contributed by atoms with Gasteiger partial charge in [-0.1, -0.05) is 23.7 Å². The number of urea groups is 1. The Kier molecular flexibility index (Phi) is 5.90. The number of carbonyl (C=O) groups is 2. The second kappa shape index (κ2) is 9.32. The van der Waals surface area contributed by atoms with Gasteiger partial charge in [-0.3, -0.25) is 9.78 Å². The van der Waals surface area contributed by atoms with E-state index in [1.165, 1.54) is 12.1 Å². The number of fused-ring (bicyclic) bond motifs is 1. The molecule has 0 unspecified atom stereocenters. The second-order valence-corrected chi connectivity index (χ2v) is 7.91. The number of hydrogen-bond donors (Lipinski definition) is 2. The summed E-state index contributed by atoms with van der Waals surface area (Å²) in [6.45, 7) is 0. The minimum Gasteiger partial charge on any atom is -0.308 e. The van der Waals surface area contributed by atoms with Gasteiger partial charge in [-0.15, -0.1) is 0 Å². The fraction of sp³-hybridized carbons (Fsp3) is 0. The maximum atomic E-state index is 13.6. The van der Waals surface area contributed by atoms with Crippen LogP contribution in [0.25, 0.3) is 16.9 Å². The van der Waals surface area contributed by atoms with E-state index in [0.29, 0.717) is 33.7 Å². The standard InChI is InChI=1S/C25H16ClFN6O2/c26-19-7-6-18(13-20(19)27)31-25(35)30-17-4-1-3-15(11-17)24(34)16-5-8-21-22(12-16)32-23(14-28-21)33-10-2-9-29-33/h1-14H,(H2,30,31,35). The lowest BCUT2D eigenvalue weighted by molar-refractivity contribution is 0.103. The van der Waals surface area contributed by atoms with Gasteiger partial charge < -0.3 is 10.6 Å². The second-order valence-electron chi connectivity index (χ2n) is 7.50. The summed E-state index contributed by atoms with van der Waals surface area (Å²) < 4.78 is 15.2. The van der Waals surface area contributed by atoms with Gasteiger partial charge in [-0.05, 0) is 54.6 Å². The molecule has 2 heterocycles. The van der Waals surface area contributed by atoms with Crippen molar-refractivity contribution >= 4 is 45.8 Å². The number of hydrogen-bond acceptors (Lipinski definition) is 5. The fourth-order valence-electron chi connectivity index (χ4n) is 3.43. The van der Waals surface area contributed by atoms with E-state index < -0.39 is 11.8 Å². The molecule has 0 saturated carbocycles. The number of carbonyl (C=O) groups excluding carboxylic acids is 2. The monoisotopic (exact) mass is 486 g/mol. The number of aromatic nitrogens is 4. The van der Waals surface area contributed by atoms with E-state index in [1.54, 1.807) is 71.8 Å². The van der Waals surface area contributed by atoms with Gasteiger partial charge in [0.25, 0.3) is 0 Å². The predicted octanol–water partition coefficient (Wildman–Crippen LogP) is 5.48. The zero-order valence-electron chi connectivity index (χ0n) is 17.9. The van der Waals surface area contributed by atoms with Crippen LogP contribution in [0.4, 0.5) is 20.6 Å². The molecule has 0 aliphatic rings. The van der Waals surface area contributed by atoms with Gasteiger partial charge in [-0.25, -0.2) is 18.9 Å². The molecule has 5 aromatic rings. The van der Waals surface area contributed by atoms with Crippen molar-refractivity contribution in [2.24, 2.45) is 0 Å². The maximum absolute atomic E-state index is 13.6. The lowest BCUT2D eigenvalue weighted by Gasteiger charge is -2.10. The number of nitrogens with one attached hydrogen (secondary N) is 2. The topological polar surface area (TPSA) is 102 Å². The molecule has 2 amide bonds. The third kappa shape index (κ3) is 4.85. The van der Waals surface area contributed by atoms with Crippen LogP contribution >= 0.6 is 11.6 Å². The molecule has 0 aliphatic heterocycles. The van der Waals surface area contributed by atoms with E-state index in [4.69, 9.17) is 11.6 Å². The van der Waals surface area contributed by atoms with E-state index in [2.05, 4.69) is 25.7 Å². The van der Waals surface area contributed by atoms with Crippen molar-refractivity contribution in [1.29, 1.82) is 0 Å². The van der Waals surface area contributed by atoms with Crippen LogP contribution in [-0.2, 0) is 0 Å². The molecular weight excluding hydrogens is 471 g/mol. The number of rotatable bonds is 5. The largest absolute Gasteiger partial charge is 0.323 e. The first-order valence-corrected chi connectivity index (χ1v) is 10.8. The highest BCUT2D eigenvalue weighted by molar-refractivity contribution is 6.30. The van der Waals surface area contributed by atoms with Crippen molar-refractivity contribution in [2.75, 3.05) is 10.6 Å². The van der Waals surface area contributed by atoms with Crippen LogP contribution in [0.15, 0.2) is 85.3 Å². The van der Waals surface area contributed by atoms with Gasteiger partial charge in [0.05, 0.1) is 22.3 Å². The molecule has 0 saturated heterocycles. The Balaban J connectivity index is 1.35. The van der Waals surface area contributed by atoms with Crippen molar-refractivity contribution in [1.82, 2.24) is 19.7 Å². The van der Waals surface area contributed by atoms with Crippen molar-refractivity contribution in [2.45, 2.75) is 0 Å². The minimum absolute atomic E-state index is 0.0422. The molecule has 10 heteroatoms. The van der Waals surface area contributed by atoms with Crippen molar-refractivity contribution in [3.8, 4) is 5.82 Å². The first kappa shape index (κ1) is 22.2. The minimum atomic E-state index is -0.645. The quantitative estimate of drug-likeness (QED) is 0.320. The Bertz CT molecular complexity index is 1570. The molecule has 0 fully saturated rings. The smallest absolute Gasteiger partial charge is 0.308 e. The van der Waals surface area contributed by atoms with Gasteiger partial charge in [0.1, 0.15) is 5.82 Å². The van der Waals surface area contributed by atoms with Gasteiger partial charge in [0.2, 0.25) is 0 Å². The van der Waals surface area contributed by atoms with E-state index in [1.807, 2.05) is 0 Å². The molecule has 0 spiro atoms. The molecule has 35 heavy (non-hydrogen) atoms. The summed E-state index contributed by atoms with van der Waals surface area (Å²) in [5.74, 6) is -0.360. The van der Waals surface area contributed by atoms with E-state index in [-0.39, 0.29) is 16.5 Å². The van der Waals surface area contributed by atoms with Gasteiger partial charge in [0, 0.05) is 34.9 Å². The highest BCUT2D eigenvalue weighted by Crippen LogP contribution is 2.21. The Labute approximate surface area is 203 Å². The zero-order chi connectivity index (χ0) is 24.4. The first-order valence-electron chi connectivity index (χ1n) is 10.4. The van der Waals surface area contributed by atoms with Crippen LogP contribution in [-0.4, -0.2) is 31.6 Å². The molecule has 2 aromatic heterocycles. The highest BCUT2D eigenvalue weighted by Gasteiger charge is 2.13. The SMILES string of the molecule is O=C(Nc1cccc(C(=O)c2ccc3ncc(-n4cccn4)nc3c2)c1)Nc1ccc(Cl)c(F)c1. The molecule has 3 aromatic carbocycles. The number of halogens is 2. The Morgan fingerprint density at radius 2 is 1.69 bits per heavy atom. The third-order valence-corrected chi connectivity index (χ3v) is 5.40. The Hall–Kier alpha value is -4.63. The summed E-state index contributed by atoms with van der Waals surface area (Å²) in [5, 5.41) is 9.26. The third-order valence-electron chi connectivity index (χ3n) is 5.09. The first-order chi connectivity index (χ1) is 17.0. The zero-order valence-corrected chi connectivity index (χ0v) is 18.7. The summed E-state index contributed by atoms with van der Waals surface area (Å²) in [4.78, 5) is 34.4. The number of ketones is 1. The van der Waals surface area contributed by atoms with Gasteiger partial charge in [-0.2, -0.15) is 5.10 Å². The van der Waals surface area contributed by atoms with Crippen LogP contribution in [0.1, 0.15) is 15.9 Å². The Morgan fingerprint density at radius 3 is 2.46 bits per heavy atom. The van der Waals surface area contributed by atoms with Crippen molar-refractivity contribution in [3.05, 3.63) is 107 Å². The normalized spacial score (nSPS) is 10.8. The molecule has 0 atom stereocenters. The summed E-state index contributed by atoms with van der Waals surface area (Å²) in [6.07, 6.45) is 5.00. The van der Waals surface area contributed by atoms with Gasteiger partial charge >= 0.3 is 6.03 Å². The molecule has 172 valence electrons. The lowest BCUT2D eigenvalue weighted by Crippen LogP contribution is -2.19. The van der Waals surface area contributed by atoms with Crippen LogP contribution in [0.2, 0.25) is 5.02 Å². The molecule has 2 N–H and O–H groups in total. The number of nitrogens with zero attached hydrogens (tertiary/aromatic N) is 4. The van der Waals surface area contributed by atoms with Crippen molar-refractivity contribution < 1.29 is 14.0 Å². The van der Waals surface area contributed by atoms with Crippen molar-refractivity contribution in [3.63, 3.8) is 0 Å². The average Bonchev–Trinajstić information content (AvgIpc) is 3.40. The molecular formula is C25H16ClFN6O2. The van der Waals surface area contributed by atoms with Crippen LogP contribution in [0, 0.1) is 5.82 Å². The van der Waals surface area contributed by atoms with E-state index >= 15 is 0 Å². The Morgan fingerprint density at radius 1 is 0.886 bits per heavy atom. The fourth-order valence-corrected chi connectivity index (χ4v) is 3.55. The van der Waals surface area contributed by atoms with E-state index in [0.717, 1.165) is 6.07 Å². The number of benzene rings is 3. The number of anilines is 2. The highest BCUT2D eigenvalue weighted by atomic mass is 35.5. The van der Waals surface area contributed by atoms with E-state index in [9.17, 15) is 14.0 Å². The average molecular weight is 487 g/mol. The molecule has 8 nitrogen and oxygen atoms in total.